The highest BCUT2D eigenvalue weighted by Crippen LogP contribution is 2.57. The topological polar surface area (TPSA) is 152 Å². The van der Waals surface area contributed by atoms with Crippen molar-refractivity contribution in [3.05, 3.63) is 141 Å². The Morgan fingerprint density at radius 1 is 0.565 bits per heavy atom. The molecule has 2 unspecified atom stereocenters. The van der Waals surface area contributed by atoms with Crippen molar-refractivity contribution in [3.63, 3.8) is 0 Å². The molecule has 2 N–H and O–H groups in total. The Kier molecular flexibility index (Phi) is 17.2. The van der Waals surface area contributed by atoms with Crippen molar-refractivity contribution in [2.45, 2.75) is 60.3 Å². The van der Waals surface area contributed by atoms with Crippen LogP contribution >= 0.6 is 37.7 Å². The van der Waals surface area contributed by atoms with Gasteiger partial charge in [-0.2, -0.15) is 0 Å². The third-order valence-corrected chi connectivity index (χ3v) is 20.1. The number of carbonyl (C=O) groups is 2. The number of carboxylic acid groups (broad SMARTS) is 2. The summed E-state index contributed by atoms with van der Waals surface area (Å²) >= 11 is 2.40. The summed E-state index contributed by atoms with van der Waals surface area (Å²) in [5.41, 5.74) is 7.96. The molecule has 0 aliphatic carbocycles. The smallest absolute Gasteiger partial charge is 0.348 e. The van der Waals surface area contributed by atoms with Crippen LogP contribution in [0.3, 0.4) is 0 Å². The van der Waals surface area contributed by atoms with Crippen molar-refractivity contribution in [2.24, 2.45) is 11.8 Å². The number of rotatable bonds is 16. The lowest BCUT2D eigenvalue weighted by Gasteiger charge is -2.36. The molecule has 69 heavy (non-hydrogen) atoms. The van der Waals surface area contributed by atoms with Gasteiger partial charge in [0.15, 0.2) is 0 Å². The Bertz CT molecular complexity index is 2810. The fourth-order valence-corrected chi connectivity index (χ4v) is 15.3. The van der Waals surface area contributed by atoms with Crippen molar-refractivity contribution in [1.29, 1.82) is 0 Å². The first-order valence-corrected chi connectivity index (χ1v) is 27.9. The maximum absolute atomic E-state index is 14.7. The average molecular weight is 1010 g/mol. The Morgan fingerprint density at radius 3 is 1.32 bits per heavy atom. The number of aromatic carboxylic acids is 2. The predicted molar refractivity (Wildman–Crippen MR) is 280 cm³/mol. The Balaban J connectivity index is 0.000000204. The van der Waals surface area contributed by atoms with Gasteiger partial charge in [0, 0.05) is 63.5 Å². The molecule has 2 saturated heterocycles. The van der Waals surface area contributed by atoms with E-state index in [1.54, 1.807) is 9.34 Å². The van der Waals surface area contributed by atoms with Crippen molar-refractivity contribution < 1.29 is 47.5 Å². The second-order valence-corrected chi connectivity index (χ2v) is 24.7. The normalized spacial score (nSPS) is 16.2. The van der Waals surface area contributed by atoms with Crippen LogP contribution in [0.25, 0.3) is 20.9 Å². The number of thiophene rings is 2. The summed E-state index contributed by atoms with van der Waals surface area (Å²) in [5, 5.41) is 21.4. The van der Waals surface area contributed by atoms with Crippen molar-refractivity contribution in [1.82, 2.24) is 0 Å². The summed E-state index contributed by atoms with van der Waals surface area (Å²) < 4.78 is 55.3. The summed E-state index contributed by atoms with van der Waals surface area (Å²) in [5.74, 6) is -1.65. The molecule has 2 aliphatic heterocycles. The van der Waals surface area contributed by atoms with E-state index in [0.29, 0.717) is 61.5 Å². The highest BCUT2D eigenvalue weighted by molar-refractivity contribution is 7.69. The molecule has 0 saturated carbocycles. The number of benzene rings is 4. The van der Waals surface area contributed by atoms with Gasteiger partial charge in [0.25, 0.3) is 0 Å². The van der Waals surface area contributed by atoms with Crippen molar-refractivity contribution in [3.8, 4) is 20.9 Å². The quantitative estimate of drug-likeness (QED) is 0.0888. The van der Waals surface area contributed by atoms with Gasteiger partial charge < -0.3 is 28.7 Å². The molecule has 12 nitrogen and oxygen atoms in total. The predicted octanol–water partition coefficient (Wildman–Crippen LogP) is 12.6. The van der Waals surface area contributed by atoms with Crippen LogP contribution in [0, 0.1) is 46.5 Å². The number of aryl methyl sites for hydroxylation is 5. The molecule has 2 atom stereocenters. The van der Waals surface area contributed by atoms with E-state index < -0.39 is 27.0 Å². The van der Waals surface area contributed by atoms with Crippen LogP contribution in [0.5, 0.6) is 0 Å². The third kappa shape index (κ3) is 12.0. The lowest BCUT2D eigenvalue weighted by molar-refractivity contribution is 0.0682. The van der Waals surface area contributed by atoms with Crippen LogP contribution in [0.1, 0.15) is 72.8 Å². The van der Waals surface area contributed by atoms with Crippen LogP contribution in [-0.4, -0.2) is 75.9 Å². The van der Waals surface area contributed by atoms with Crippen LogP contribution in [0.15, 0.2) is 103 Å². The van der Waals surface area contributed by atoms with E-state index in [0.717, 1.165) is 74.4 Å². The SMILES string of the molecule is COP(=O)(c1ccc(C)cc1)N(CC1CCOCC1)c1cc(-c2ccc(C)cc2)sc1C(=O)O.COP(=O)(c1ccc(C)cc1C)N(CC1CCOCC1)c1cc(-c2ccc(C)cc2)sc1C(=O)O. The number of anilines is 2. The van der Waals surface area contributed by atoms with E-state index in [2.05, 4.69) is 0 Å². The van der Waals surface area contributed by atoms with Crippen LogP contribution < -0.4 is 19.9 Å². The number of carboxylic acids is 2. The van der Waals surface area contributed by atoms with Crippen molar-refractivity contribution in [2.75, 3.05) is 63.1 Å². The van der Waals surface area contributed by atoms with E-state index in [1.807, 2.05) is 138 Å². The zero-order valence-corrected chi connectivity index (χ0v) is 43.7. The Morgan fingerprint density at radius 2 is 0.942 bits per heavy atom. The number of hydrogen-bond donors (Lipinski definition) is 2. The van der Waals surface area contributed by atoms with E-state index in [1.165, 1.54) is 36.9 Å². The summed E-state index contributed by atoms with van der Waals surface area (Å²) in [4.78, 5) is 26.7. The molecule has 0 amide bonds. The molecule has 6 aromatic rings. The number of ether oxygens (including phenoxy) is 2. The van der Waals surface area contributed by atoms with Crippen LogP contribution in [-0.2, 0) is 27.7 Å². The zero-order chi connectivity index (χ0) is 49.5. The lowest BCUT2D eigenvalue weighted by Crippen LogP contribution is -2.35. The third-order valence-electron chi connectivity index (χ3n) is 12.7. The molecule has 8 rings (SSSR count). The average Bonchev–Trinajstić information content (AvgIpc) is 4.00. The lowest BCUT2D eigenvalue weighted by atomic mass is 10.0. The summed E-state index contributed by atoms with van der Waals surface area (Å²) in [6, 6.07) is 32.8. The van der Waals surface area contributed by atoms with E-state index in [4.69, 9.17) is 18.5 Å². The van der Waals surface area contributed by atoms with Gasteiger partial charge in [-0.1, -0.05) is 95.1 Å². The monoisotopic (exact) mass is 1010 g/mol. The molecular weight excluding hydrogens is 951 g/mol. The minimum absolute atomic E-state index is 0.159. The summed E-state index contributed by atoms with van der Waals surface area (Å²) in [7, 11) is -4.33. The number of nitrogens with zero attached hydrogens (tertiary/aromatic N) is 2. The molecule has 366 valence electrons. The van der Waals surface area contributed by atoms with Crippen LogP contribution in [0.2, 0.25) is 0 Å². The molecule has 0 spiro atoms. The van der Waals surface area contributed by atoms with Crippen LogP contribution in [0.4, 0.5) is 11.4 Å². The van der Waals surface area contributed by atoms with Gasteiger partial charge in [0.2, 0.25) is 0 Å². The molecule has 2 fully saturated rings. The molecule has 4 heterocycles. The molecule has 2 aliphatic rings. The fourth-order valence-electron chi connectivity index (χ4n) is 8.74. The number of hydrogen-bond acceptors (Lipinski definition) is 10. The largest absolute Gasteiger partial charge is 0.477 e. The maximum atomic E-state index is 14.7. The minimum Gasteiger partial charge on any atom is -0.477 e. The van der Waals surface area contributed by atoms with Gasteiger partial charge in [-0.15, -0.1) is 22.7 Å². The first-order chi connectivity index (χ1) is 33.0. The van der Waals surface area contributed by atoms with Crippen molar-refractivity contribution >= 4 is 71.6 Å². The molecule has 4 aromatic carbocycles. The molecular formula is C53H62N2O10P2S2. The molecule has 2 aromatic heterocycles. The standard InChI is InChI=1S/C27H32NO5PS.C26H30NO5PS/c1-18-5-8-22(9-6-18)25-16-23(26(35-25)27(29)30)28(17-21-11-13-33-14-12-21)34(31,32-4)24-10-7-19(2)15-20(24)3;1-18-4-8-21(9-5-18)24-16-23(25(34-24)26(28)29)27(17-20-12-14-32-15-13-20)33(30,31-3)22-10-6-19(2)7-11-22/h5-10,15-16,21H,11-14,17H2,1-4H3,(H,29,30);4-11,16,20H,12-15,17H2,1-3H3,(H,28,29). The zero-order valence-electron chi connectivity index (χ0n) is 40.3. The fraction of sp³-hybridized carbons (Fsp3) is 0.358. The second kappa shape index (κ2) is 22.9. The minimum atomic E-state index is -3.63. The molecule has 0 radical (unpaired) electrons. The Labute approximate surface area is 413 Å². The summed E-state index contributed by atoms with van der Waals surface area (Å²) in [6.45, 7) is 13.3. The Hall–Kier alpha value is -4.88. The van der Waals surface area contributed by atoms with Gasteiger partial charge in [-0.05, 0) is 119 Å². The van der Waals surface area contributed by atoms with Gasteiger partial charge in [0.1, 0.15) is 9.75 Å². The maximum Gasteiger partial charge on any atom is 0.348 e. The second-order valence-electron chi connectivity index (χ2n) is 17.8. The summed E-state index contributed by atoms with van der Waals surface area (Å²) in [6.07, 6.45) is 3.30. The van der Waals surface area contributed by atoms with E-state index in [-0.39, 0.29) is 21.6 Å². The van der Waals surface area contributed by atoms with Gasteiger partial charge >= 0.3 is 27.0 Å². The van der Waals surface area contributed by atoms with Gasteiger partial charge in [0.05, 0.1) is 22.0 Å². The molecule has 16 heteroatoms. The van der Waals surface area contributed by atoms with E-state index in [9.17, 15) is 28.9 Å². The molecule has 0 bridgehead atoms. The van der Waals surface area contributed by atoms with Gasteiger partial charge in [-0.25, -0.2) is 9.59 Å². The highest BCUT2D eigenvalue weighted by Gasteiger charge is 2.41. The highest BCUT2D eigenvalue weighted by atomic mass is 32.1. The first-order valence-electron chi connectivity index (χ1n) is 23.1. The first kappa shape index (κ1) is 52.0. The van der Waals surface area contributed by atoms with E-state index >= 15 is 0 Å². The van der Waals surface area contributed by atoms with Gasteiger partial charge in [-0.3, -0.25) is 18.5 Å².